The van der Waals surface area contributed by atoms with Gasteiger partial charge in [0.25, 0.3) is 0 Å². The number of para-hydroxylation sites is 2. The van der Waals surface area contributed by atoms with Crippen LogP contribution in [0.2, 0.25) is 5.02 Å². The molecule has 3 aromatic carbocycles. The fourth-order valence-electron chi connectivity index (χ4n) is 4.64. The average molecular weight is 496 g/mol. The van der Waals surface area contributed by atoms with Gasteiger partial charge >= 0.3 is 5.97 Å². The highest BCUT2D eigenvalue weighted by Gasteiger charge is 2.45. The number of aliphatic carboxylic acids is 1. The molecule has 8 heteroatoms. The number of carboxylic acid groups (broad SMARTS) is 1. The van der Waals surface area contributed by atoms with E-state index in [1.165, 1.54) is 0 Å². The summed E-state index contributed by atoms with van der Waals surface area (Å²) >= 11 is 6.00. The summed E-state index contributed by atoms with van der Waals surface area (Å²) in [5.74, 6) is -0.681. The van der Waals surface area contributed by atoms with Gasteiger partial charge in [0.1, 0.15) is 17.9 Å². The summed E-state index contributed by atoms with van der Waals surface area (Å²) in [6.07, 6.45) is 0.475. The van der Waals surface area contributed by atoms with Crippen molar-refractivity contribution in [3.05, 3.63) is 88.7 Å². The highest BCUT2D eigenvalue weighted by molar-refractivity contribution is 6.30. The van der Waals surface area contributed by atoms with Crippen molar-refractivity contribution in [1.82, 2.24) is 14.9 Å². The molecule has 0 spiro atoms. The number of amides is 1. The maximum Gasteiger partial charge on any atom is 0.330 e. The number of carbonyl (C=O) groups excluding carboxylic acids is 1. The van der Waals surface area contributed by atoms with Gasteiger partial charge in [-0.3, -0.25) is 4.79 Å². The lowest BCUT2D eigenvalue weighted by atomic mass is 9.95. The molecule has 174 valence electrons. The van der Waals surface area contributed by atoms with Crippen molar-refractivity contribution in [1.29, 1.82) is 0 Å². The highest BCUT2D eigenvalue weighted by Crippen LogP contribution is 2.34. The molecule has 0 saturated carbocycles. The number of aromatic nitrogens is 2. The fourth-order valence-corrected chi connectivity index (χ4v) is 4.76. The molecule has 1 atom stereocenters. The summed E-state index contributed by atoms with van der Waals surface area (Å²) in [5.41, 5.74) is 4.12. The van der Waals surface area contributed by atoms with E-state index in [0.29, 0.717) is 10.8 Å². The molecule has 1 amide bonds. The molecule has 0 bridgehead atoms. The third-order valence-electron chi connectivity index (χ3n) is 6.30. The van der Waals surface area contributed by atoms with Gasteiger partial charge in [-0.15, -0.1) is 12.4 Å². The summed E-state index contributed by atoms with van der Waals surface area (Å²) in [5, 5.41) is 13.6. The number of aryl methyl sites for hydroxylation is 1. The molecule has 0 saturated heterocycles. The van der Waals surface area contributed by atoms with Crippen molar-refractivity contribution >= 4 is 46.9 Å². The highest BCUT2D eigenvalue weighted by atomic mass is 35.5. The summed E-state index contributed by atoms with van der Waals surface area (Å²) in [6.45, 7) is 1.84. The molecule has 1 heterocycles. The number of hydrogen-bond donors (Lipinski definition) is 2. The van der Waals surface area contributed by atoms with Crippen LogP contribution in [0, 0.1) is 6.92 Å². The number of carboxylic acids is 1. The van der Waals surface area contributed by atoms with E-state index in [2.05, 4.69) is 10.3 Å². The Labute approximate surface area is 208 Å². The number of rotatable bonds is 5. The van der Waals surface area contributed by atoms with E-state index in [0.717, 1.165) is 33.3 Å². The predicted molar refractivity (Wildman–Crippen MR) is 135 cm³/mol. The summed E-state index contributed by atoms with van der Waals surface area (Å²) in [6, 6.07) is 21.0. The first-order valence-electron chi connectivity index (χ1n) is 10.7. The Morgan fingerprint density at radius 2 is 1.71 bits per heavy atom. The quantitative estimate of drug-likeness (QED) is 0.415. The van der Waals surface area contributed by atoms with Gasteiger partial charge in [0.15, 0.2) is 0 Å². The molecule has 34 heavy (non-hydrogen) atoms. The summed E-state index contributed by atoms with van der Waals surface area (Å²) in [4.78, 5) is 29.8. The molecule has 0 radical (unpaired) electrons. The van der Waals surface area contributed by atoms with Crippen molar-refractivity contribution in [2.24, 2.45) is 0 Å². The topological polar surface area (TPSA) is 84.2 Å². The Morgan fingerprint density at radius 3 is 2.44 bits per heavy atom. The second-order valence-corrected chi connectivity index (χ2v) is 8.95. The molecule has 1 aliphatic carbocycles. The second-order valence-electron chi connectivity index (χ2n) is 8.51. The van der Waals surface area contributed by atoms with Gasteiger partial charge in [-0.2, -0.15) is 0 Å². The largest absolute Gasteiger partial charge is 0.479 e. The number of imidazole rings is 1. The zero-order valence-corrected chi connectivity index (χ0v) is 20.0. The van der Waals surface area contributed by atoms with Crippen molar-refractivity contribution < 1.29 is 14.7 Å². The molecule has 0 fully saturated rings. The summed E-state index contributed by atoms with van der Waals surface area (Å²) in [7, 11) is 0. The van der Waals surface area contributed by atoms with Crippen LogP contribution < -0.4 is 5.32 Å². The lowest BCUT2D eigenvalue weighted by molar-refractivity contribution is -0.147. The van der Waals surface area contributed by atoms with E-state index in [4.69, 9.17) is 11.6 Å². The first-order valence-corrected chi connectivity index (χ1v) is 11.1. The van der Waals surface area contributed by atoms with E-state index in [1.54, 1.807) is 4.57 Å². The summed E-state index contributed by atoms with van der Waals surface area (Å²) < 4.78 is 1.81. The van der Waals surface area contributed by atoms with Crippen LogP contribution in [-0.2, 0) is 29.0 Å². The molecule has 6 nitrogen and oxygen atoms in total. The van der Waals surface area contributed by atoms with Gasteiger partial charge in [-0.25, -0.2) is 9.78 Å². The zero-order chi connectivity index (χ0) is 23.2. The third-order valence-corrected chi connectivity index (χ3v) is 6.56. The Hall–Kier alpha value is -3.35. The Bertz CT molecular complexity index is 1400. The molecule has 2 N–H and O–H groups in total. The molecule has 0 aliphatic heterocycles. The van der Waals surface area contributed by atoms with E-state index in [-0.39, 0.29) is 37.7 Å². The monoisotopic (exact) mass is 495 g/mol. The molecular weight excluding hydrogens is 473 g/mol. The van der Waals surface area contributed by atoms with E-state index >= 15 is 0 Å². The number of nitrogens with one attached hydrogen (secondary N) is 1. The van der Waals surface area contributed by atoms with Crippen molar-refractivity contribution in [3.63, 3.8) is 0 Å². The first-order chi connectivity index (χ1) is 15.8. The SMILES string of the molecule is Cc1nc2ccccc2n1CC(=O)NC1(C(=O)O)Cc2ccc(-c3ccc(Cl)cc3)cc2C1.Cl. The number of nitrogens with zero attached hydrogens (tertiary/aromatic N) is 2. The van der Waals surface area contributed by atoms with Gasteiger partial charge in [0, 0.05) is 17.9 Å². The van der Waals surface area contributed by atoms with Crippen molar-refractivity contribution in [2.75, 3.05) is 0 Å². The minimum atomic E-state index is -1.37. The molecule has 5 rings (SSSR count). The minimum absolute atomic E-state index is 0. The van der Waals surface area contributed by atoms with E-state index in [9.17, 15) is 14.7 Å². The van der Waals surface area contributed by atoms with Crippen LogP contribution in [0.15, 0.2) is 66.7 Å². The van der Waals surface area contributed by atoms with Crippen LogP contribution in [-0.4, -0.2) is 32.1 Å². The van der Waals surface area contributed by atoms with E-state index < -0.39 is 11.5 Å². The van der Waals surface area contributed by atoms with Crippen LogP contribution in [0.3, 0.4) is 0 Å². The lowest BCUT2D eigenvalue weighted by Crippen LogP contribution is -2.56. The maximum absolute atomic E-state index is 13.0. The minimum Gasteiger partial charge on any atom is -0.479 e. The number of halogens is 2. The van der Waals surface area contributed by atoms with Crippen LogP contribution in [0.4, 0.5) is 0 Å². The van der Waals surface area contributed by atoms with Gasteiger partial charge < -0.3 is 15.0 Å². The number of hydrogen-bond acceptors (Lipinski definition) is 3. The number of fused-ring (bicyclic) bond motifs is 2. The Morgan fingerprint density at radius 1 is 1.03 bits per heavy atom. The lowest BCUT2D eigenvalue weighted by Gasteiger charge is -2.25. The number of carbonyl (C=O) groups is 2. The normalized spacial score (nSPS) is 16.6. The van der Waals surface area contributed by atoms with Gasteiger partial charge in [0.2, 0.25) is 5.91 Å². The Balaban J connectivity index is 0.00000274. The standard InChI is InChI=1S/C26H22ClN3O3.ClH/c1-16-28-22-4-2-3-5-23(22)30(16)15-24(31)29-26(25(32)33)13-19-7-6-18(12-20(19)14-26)17-8-10-21(27)11-9-17;/h2-12H,13-15H2,1H3,(H,29,31)(H,32,33);1H. The predicted octanol–water partition coefficient (Wildman–Crippen LogP) is 4.83. The van der Waals surface area contributed by atoms with Crippen molar-refractivity contribution in [2.45, 2.75) is 31.8 Å². The number of benzene rings is 3. The maximum atomic E-state index is 13.0. The van der Waals surface area contributed by atoms with Crippen LogP contribution in [0.1, 0.15) is 17.0 Å². The molecular formula is C26H23Cl2N3O3. The molecule has 1 aromatic heterocycles. The van der Waals surface area contributed by atoms with Crippen LogP contribution in [0.25, 0.3) is 22.2 Å². The molecule has 1 unspecified atom stereocenters. The van der Waals surface area contributed by atoms with Crippen LogP contribution in [0.5, 0.6) is 0 Å². The average Bonchev–Trinajstić information content (AvgIpc) is 3.31. The second kappa shape index (κ2) is 9.12. The Kier molecular flexibility index (Phi) is 6.39. The third kappa shape index (κ3) is 4.27. The zero-order valence-electron chi connectivity index (χ0n) is 18.4. The van der Waals surface area contributed by atoms with Gasteiger partial charge in [-0.05, 0) is 53.4 Å². The smallest absolute Gasteiger partial charge is 0.330 e. The van der Waals surface area contributed by atoms with Crippen LogP contribution >= 0.6 is 24.0 Å². The van der Waals surface area contributed by atoms with Crippen molar-refractivity contribution in [3.8, 4) is 11.1 Å². The molecule has 1 aliphatic rings. The van der Waals surface area contributed by atoms with Gasteiger partial charge in [-0.1, -0.05) is 54.1 Å². The van der Waals surface area contributed by atoms with Gasteiger partial charge in [0.05, 0.1) is 11.0 Å². The van der Waals surface area contributed by atoms with E-state index in [1.807, 2.05) is 73.7 Å². The fraction of sp³-hybridized carbons (Fsp3) is 0.192. The molecule has 4 aromatic rings. The first kappa shape index (κ1) is 23.8.